The number of carbonyl (C=O) groups is 1. The highest BCUT2D eigenvalue weighted by molar-refractivity contribution is 5.94. The van der Waals surface area contributed by atoms with Crippen LogP contribution >= 0.6 is 0 Å². The van der Waals surface area contributed by atoms with Crippen molar-refractivity contribution >= 4 is 22.5 Å². The number of pyridine rings is 1. The number of carbonyl (C=O) groups excluding carboxylic acids is 1. The van der Waals surface area contributed by atoms with E-state index in [0.29, 0.717) is 30.5 Å². The zero-order valence-corrected chi connectivity index (χ0v) is 11.1. The predicted molar refractivity (Wildman–Crippen MR) is 77.4 cm³/mol. The number of fused-ring (bicyclic) bond motifs is 1. The number of anilines is 1. The average molecular weight is 271 g/mol. The van der Waals surface area contributed by atoms with Gasteiger partial charge in [-0.2, -0.15) is 0 Å². The van der Waals surface area contributed by atoms with E-state index in [1.807, 2.05) is 12.1 Å². The van der Waals surface area contributed by atoms with E-state index in [2.05, 4.69) is 10.3 Å². The zero-order valence-electron chi connectivity index (χ0n) is 11.1. The SMILES string of the molecule is Nc1ccc(OCCC(=O)NC2CC2)c2ncccc12. The minimum absolute atomic E-state index is 0.0419. The number of nitrogen functional groups attached to an aromatic ring is 1. The predicted octanol–water partition coefficient (Wildman–Crippen LogP) is 1.86. The topological polar surface area (TPSA) is 77.2 Å². The van der Waals surface area contributed by atoms with E-state index in [1.165, 1.54) is 0 Å². The quantitative estimate of drug-likeness (QED) is 0.814. The third-order valence-electron chi connectivity index (χ3n) is 3.30. The molecule has 0 saturated heterocycles. The Hall–Kier alpha value is -2.30. The van der Waals surface area contributed by atoms with Gasteiger partial charge in [-0.25, -0.2) is 0 Å². The second kappa shape index (κ2) is 5.36. The second-order valence-corrected chi connectivity index (χ2v) is 4.99. The standard InChI is InChI=1S/C15H17N3O2/c16-12-5-6-13(15-11(12)2-1-8-17-15)20-9-7-14(19)18-10-3-4-10/h1-2,5-6,8,10H,3-4,7,9,16H2,(H,18,19). The lowest BCUT2D eigenvalue weighted by Crippen LogP contribution is -2.26. The van der Waals surface area contributed by atoms with Gasteiger partial charge in [0.2, 0.25) is 5.91 Å². The summed E-state index contributed by atoms with van der Waals surface area (Å²) in [6, 6.07) is 7.73. The van der Waals surface area contributed by atoms with Crippen molar-refractivity contribution in [1.29, 1.82) is 0 Å². The highest BCUT2D eigenvalue weighted by atomic mass is 16.5. The van der Waals surface area contributed by atoms with Crippen molar-refractivity contribution < 1.29 is 9.53 Å². The van der Waals surface area contributed by atoms with Crippen LogP contribution in [0.1, 0.15) is 19.3 Å². The monoisotopic (exact) mass is 271 g/mol. The number of aromatic nitrogens is 1. The maximum atomic E-state index is 11.6. The fourth-order valence-electron chi connectivity index (χ4n) is 2.07. The third-order valence-corrected chi connectivity index (χ3v) is 3.30. The minimum atomic E-state index is 0.0419. The highest BCUT2D eigenvalue weighted by Gasteiger charge is 2.22. The largest absolute Gasteiger partial charge is 0.491 e. The average Bonchev–Trinajstić information content (AvgIpc) is 3.26. The molecule has 1 aliphatic carbocycles. The zero-order chi connectivity index (χ0) is 13.9. The molecule has 0 atom stereocenters. The Kier molecular flexibility index (Phi) is 3.41. The van der Waals surface area contributed by atoms with Crippen LogP contribution in [-0.2, 0) is 4.79 Å². The molecule has 1 amide bonds. The van der Waals surface area contributed by atoms with Crippen LogP contribution in [0.25, 0.3) is 10.9 Å². The van der Waals surface area contributed by atoms with E-state index in [4.69, 9.17) is 10.5 Å². The Labute approximate surface area is 117 Å². The van der Waals surface area contributed by atoms with Crippen molar-refractivity contribution in [2.24, 2.45) is 0 Å². The number of nitrogens with two attached hydrogens (primary N) is 1. The van der Waals surface area contributed by atoms with Crippen LogP contribution in [0.5, 0.6) is 5.75 Å². The first kappa shape index (κ1) is 12.7. The number of hydrogen-bond acceptors (Lipinski definition) is 4. The van der Waals surface area contributed by atoms with Crippen molar-refractivity contribution in [3.63, 3.8) is 0 Å². The number of benzene rings is 1. The van der Waals surface area contributed by atoms with Gasteiger partial charge in [-0.05, 0) is 37.1 Å². The molecule has 0 unspecified atom stereocenters. The van der Waals surface area contributed by atoms with Crippen LogP contribution in [0.15, 0.2) is 30.5 Å². The fourth-order valence-corrected chi connectivity index (χ4v) is 2.07. The normalized spacial score (nSPS) is 14.2. The molecule has 2 aromatic rings. The molecule has 3 rings (SSSR count). The Bertz CT molecular complexity index is 638. The van der Waals surface area contributed by atoms with Crippen LogP contribution in [0, 0.1) is 0 Å². The molecule has 3 N–H and O–H groups in total. The molecule has 0 radical (unpaired) electrons. The van der Waals surface area contributed by atoms with Gasteiger partial charge < -0.3 is 15.8 Å². The summed E-state index contributed by atoms with van der Waals surface area (Å²) < 4.78 is 5.67. The number of nitrogens with zero attached hydrogens (tertiary/aromatic N) is 1. The maximum absolute atomic E-state index is 11.6. The van der Waals surface area contributed by atoms with E-state index in [1.54, 1.807) is 18.3 Å². The summed E-state index contributed by atoms with van der Waals surface area (Å²) in [6.07, 6.45) is 4.25. The number of hydrogen-bond donors (Lipinski definition) is 2. The summed E-state index contributed by atoms with van der Waals surface area (Å²) in [6.45, 7) is 0.341. The maximum Gasteiger partial charge on any atom is 0.223 e. The number of rotatable bonds is 5. The summed E-state index contributed by atoms with van der Waals surface area (Å²) in [5.41, 5.74) is 7.31. The summed E-state index contributed by atoms with van der Waals surface area (Å²) in [4.78, 5) is 15.9. The fraction of sp³-hybridized carbons (Fsp3) is 0.333. The van der Waals surface area contributed by atoms with Crippen molar-refractivity contribution in [3.05, 3.63) is 30.5 Å². The van der Waals surface area contributed by atoms with Gasteiger partial charge in [0.25, 0.3) is 0 Å². The van der Waals surface area contributed by atoms with Crippen molar-refractivity contribution in [2.45, 2.75) is 25.3 Å². The Morgan fingerprint density at radius 1 is 1.40 bits per heavy atom. The molecule has 0 spiro atoms. The molecule has 1 aliphatic rings. The molecular formula is C15H17N3O2. The molecule has 0 aliphatic heterocycles. The van der Waals surface area contributed by atoms with Crippen LogP contribution in [-0.4, -0.2) is 23.5 Å². The first-order chi connectivity index (χ1) is 9.74. The van der Waals surface area contributed by atoms with Gasteiger partial charge in [0.05, 0.1) is 13.0 Å². The molecule has 1 aromatic carbocycles. The summed E-state index contributed by atoms with van der Waals surface area (Å²) in [5.74, 6) is 0.703. The van der Waals surface area contributed by atoms with Gasteiger partial charge in [-0.15, -0.1) is 0 Å². The lowest BCUT2D eigenvalue weighted by molar-refractivity contribution is -0.121. The number of nitrogens with one attached hydrogen (secondary N) is 1. The molecule has 5 nitrogen and oxygen atoms in total. The molecule has 1 aromatic heterocycles. The van der Waals surface area contributed by atoms with Gasteiger partial charge in [0.15, 0.2) is 0 Å². The van der Waals surface area contributed by atoms with Crippen molar-refractivity contribution in [2.75, 3.05) is 12.3 Å². The first-order valence-electron chi connectivity index (χ1n) is 6.79. The summed E-state index contributed by atoms with van der Waals surface area (Å²) in [7, 11) is 0. The van der Waals surface area contributed by atoms with Crippen LogP contribution in [0.3, 0.4) is 0 Å². The molecule has 1 fully saturated rings. The second-order valence-electron chi connectivity index (χ2n) is 4.99. The summed E-state index contributed by atoms with van der Waals surface area (Å²) >= 11 is 0. The van der Waals surface area contributed by atoms with Crippen LogP contribution in [0.2, 0.25) is 0 Å². The molecule has 104 valence electrons. The van der Waals surface area contributed by atoms with Crippen LogP contribution < -0.4 is 15.8 Å². The van der Waals surface area contributed by atoms with Gasteiger partial charge in [0.1, 0.15) is 11.3 Å². The number of amides is 1. The van der Waals surface area contributed by atoms with Crippen molar-refractivity contribution in [3.8, 4) is 5.75 Å². The van der Waals surface area contributed by atoms with E-state index in [-0.39, 0.29) is 5.91 Å². The molecular weight excluding hydrogens is 254 g/mol. The molecule has 1 saturated carbocycles. The van der Waals surface area contributed by atoms with Gasteiger partial charge in [0, 0.05) is 23.3 Å². The van der Waals surface area contributed by atoms with Gasteiger partial charge >= 0.3 is 0 Å². The Morgan fingerprint density at radius 2 is 2.25 bits per heavy atom. The van der Waals surface area contributed by atoms with Crippen molar-refractivity contribution in [1.82, 2.24) is 10.3 Å². The smallest absolute Gasteiger partial charge is 0.223 e. The van der Waals surface area contributed by atoms with Gasteiger partial charge in [-0.3, -0.25) is 9.78 Å². The third kappa shape index (κ3) is 2.82. The van der Waals surface area contributed by atoms with E-state index >= 15 is 0 Å². The molecule has 1 heterocycles. The first-order valence-corrected chi connectivity index (χ1v) is 6.79. The summed E-state index contributed by atoms with van der Waals surface area (Å²) in [5, 5.41) is 3.80. The van der Waals surface area contributed by atoms with E-state index in [9.17, 15) is 4.79 Å². The Balaban J connectivity index is 1.65. The van der Waals surface area contributed by atoms with Gasteiger partial charge in [-0.1, -0.05) is 0 Å². The Morgan fingerprint density at radius 3 is 3.05 bits per heavy atom. The highest BCUT2D eigenvalue weighted by Crippen LogP contribution is 2.28. The van der Waals surface area contributed by atoms with Crippen LogP contribution in [0.4, 0.5) is 5.69 Å². The minimum Gasteiger partial charge on any atom is -0.491 e. The molecule has 20 heavy (non-hydrogen) atoms. The molecule has 5 heteroatoms. The number of ether oxygens (including phenoxy) is 1. The van der Waals surface area contributed by atoms with E-state index in [0.717, 1.165) is 23.7 Å². The molecule has 0 bridgehead atoms. The van der Waals surface area contributed by atoms with E-state index < -0.39 is 0 Å². The lowest BCUT2D eigenvalue weighted by Gasteiger charge is -2.10. The lowest BCUT2D eigenvalue weighted by atomic mass is 10.1.